The average molecular weight is 271 g/mol. The Hall–Kier alpha value is -1.56. The summed E-state index contributed by atoms with van der Waals surface area (Å²) in [7, 11) is -2.32. The first-order valence-electron chi connectivity index (χ1n) is 5.41. The molecule has 1 rings (SSSR count). The predicted molar refractivity (Wildman–Crippen MR) is 70.0 cm³/mol. The Labute approximate surface area is 107 Å². The molecule has 0 spiro atoms. The van der Waals surface area contributed by atoms with Crippen LogP contribution >= 0.6 is 0 Å². The van der Waals surface area contributed by atoms with Crippen molar-refractivity contribution in [3.63, 3.8) is 0 Å². The van der Waals surface area contributed by atoms with Crippen molar-refractivity contribution in [2.75, 3.05) is 17.7 Å². The second-order valence-electron chi connectivity index (χ2n) is 4.09. The number of sulfonamides is 1. The van der Waals surface area contributed by atoms with Gasteiger partial charge < -0.3 is 4.74 Å². The fraction of sp³-hybridized carbons (Fsp3) is 0.417. The smallest absolute Gasteiger partial charge is 0.329 e. The Kier molecular flexibility index (Phi) is 4.34. The summed E-state index contributed by atoms with van der Waals surface area (Å²) in [5.41, 5.74) is 1.46. The van der Waals surface area contributed by atoms with E-state index >= 15 is 0 Å². The maximum Gasteiger partial charge on any atom is 0.329 e. The van der Waals surface area contributed by atoms with E-state index in [1.165, 1.54) is 14.0 Å². The van der Waals surface area contributed by atoms with Gasteiger partial charge in [0.15, 0.2) is 0 Å². The van der Waals surface area contributed by atoms with Gasteiger partial charge in [-0.2, -0.15) is 0 Å². The maximum absolute atomic E-state index is 11.8. The number of methoxy groups -OCH3 is 1. The zero-order valence-electron chi connectivity index (χ0n) is 10.9. The number of nitrogens with zero attached hydrogens (tertiary/aromatic N) is 1. The summed E-state index contributed by atoms with van der Waals surface area (Å²) in [5.74, 6) is -0.596. The van der Waals surface area contributed by atoms with Gasteiger partial charge in [0, 0.05) is 0 Å². The molecule has 18 heavy (non-hydrogen) atoms. The lowest BCUT2D eigenvalue weighted by Gasteiger charge is -2.27. The third-order valence-electron chi connectivity index (χ3n) is 2.54. The van der Waals surface area contributed by atoms with E-state index in [0.717, 1.165) is 16.1 Å². The van der Waals surface area contributed by atoms with Crippen molar-refractivity contribution in [2.45, 2.75) is 19.9 Å². The Morgan fingerprint density at radius 2 is 1.78 bits per heavy atom. The normalized spacial score (nSPS) is 12.9. The number of benzene rings is 1. The molecule has 0 bridgehead atoms. The van der Waals surface area contributed by atoms with Gasteiger partial charge in [-0.05, 0) is 26.0 Å². The number of esters is 1. The van der Waals surface area contributed by atoms with Crippen LogP contribution in [0.4, 0.5) is 5.69 Å². The molecule has 0 heterocycles. The number of rotatable bonds is 4. The molecule has 1 aromatic rings. The summed E-state index contributed by atoms with van der Waals surface area (Å²) in [4.78, 5) is 11.5. The molecule has 5 nitrogen and oxygen atoms in total. The summed E-state index contributed by atoms with van der Waals surface area (Å²) in [6.45, 7) is 3.39. The zero-order valence-corrected chi connectivity index (χ0v) is 11.7. The molecule has 0 radical (unpaired) electrons. The van der Waals surface area contributed by atoms with Crippen molar-refractivity contribution < 1.29 is 17.9 Å². The van der Waals surface area contributed by atoms with Gasteiger partial charge in [0.25, 0.3) is 0 Å². The predicted octanol–water partition coefficient (Wildman–Crippen LogP) is 1.32. The molecule has 0 saturated carbocycles. The lowest BCUT2D eigenvalue weighted by atomic mass is 10.2. The second kappa shape index (κ2) is 5.39. The van der Waals surface area contributed by atoms with Gasteiger partial charge in [-0.1, -0.05) is 17.7 Å². The van der Waals surface area contributed by atoms with Gasteiger partial charge in [-0.3, -0.25) is 4.31 Å². The van der Waals surface area contributed by atoms with Crippen LogP contribution in [0.1, 0.15) is 12.5 Å². The molecule has 100 valence electrons. The molecule has 0 fully saturated rings. The van der Waals surface area contributed by atoms with Gasteiger partial charge in [0.05, 0.1) is 19.1 Å². The van der Waals surface area contributed by atoms with E-state index < -0.39 is 22.0 Å². The Morgan fingerprint density at radius 3 is 2.17 bits per heavy atom. The highest BCUT2D eigenvalue weighted by Gasteiger charge is 2.29. The molecule has 0 aliphatic rings. The summed E-state index contributed by atoms with van der Waals surface area (Å²) >= 11 is 0. The summed E-state index contributed by atoms with van der Waals surface area (Å²) in [6.07, 6.45) is 1.06. The van der Waals surface area contributed by atoms with Crippen LogP contribution in [-0.2, 0) is 19.6 Å². The first-order chi connectivity index (χ1) is 8.27. The van der Waals surface area contributed by atoms with Crippen molar-refractivity contribution in [2.24, 2.45) is 0 Å². The van der Waals surface area contributed by atoms with Crippen LogP contribution in [0.5, 0.6) is 0 Å². The first-order valence-corrected chi connectivity index (χ1v) is 7.26. The van der Waals surface area contributed by atoms with E-state index in [9.17, 15) is 13.2 Å². The van der Waals surface area contributed by atoms with Crippen LogP contribution in [0.15, 0.2) is 24.3 Å². The molecule has 0 N–H and O–H groups in total. The zero-order chi connectivity index (χ0) is 13.9. The lowest BCUT2D eigenvalue weighted by molar-refractivity contribution is -0.141. The summed E-state index contributed by atoms with van der Waals surface area (Å²) in [5, 5.41) is 0. The number of hydrogen-bond donors (Lipinski definition) is 0. The fourth-order valence-corrected chi connectivity index (χ4v) is 2.83. The van der Waals surface area contributed by atoms with E-state index in [0.29, 0.717) is 5.69 Å². The minimum absolute atomic E-state index is 0.445. The number of hydrogen-bond acceptors (Lipinski definition) is 4. The van der Waals surface area contributed by atoms with Crippen molar-refractivity contribution in [1.82, 2.24) is 0 Å². The Bertz CT molecular complexity index is 522. The monoisotopic (exact) mass is 271 g/mol. The van der Waals surface area contributed by atoms with Crippen molar-refractivity contribution in [3.8, 4) is 0 Å². The van der Waals surface area contributed by atoms with Crippen LogP contribution in [0.2, 0.25) is 0 Å². The molecule has 0 aliphatic heterocycles. The molecule has 0 amide bonds. The highest BCUT2D eigenvalue weighted by Crippen LogP contribution is 2.21. The maximum atomic E-state index is 11.8. The van der Waals surface area contributed by atoms with Crippen molar-refractivity contribution >= 4 is 21.7 Å². The Morgan fingerprint density at radius 1 is 1.28 bits per heavy atom. The van der Waals surface area contributed by atoms with Crippen molar-refractivity contribution in [3.05, 3.63) is 29.8 Å². The van der Waals surface area contributed by atoms with Gasteiger partial charge in [-0.25, -0.2) is 13.2 Å². The number of aryl methyl sites for hydroxylation is 1. The molecule has 6 heteroatoms. The van der Waals surface area contributed by atoms with Gasteiger partial charge in [0.2, 0.25) is 10.0 Å². The fourth-order valence-electron chi connectivity index (χ4n) is 1.66. The highest BCUT2D eigenvalue weighted by molar-refractivity contribution is 7.92. The number of carbonyl (C=O) groups is 1. The Balaban J connectivity index is 3.23. The standard InChI is InChI=1S/C12H17NO4S/c1-9-5-7-11(8-6-9)13(18(4,15)16)10(2)12(14)17-3/h5-8,10H,1-4H3/t10-/m0/s1. The van der Waals surface area contributed by atoms with E-state index in [4.69, 9.17) is 0 Å². The summed E-state index contributed by atoms with van der Waals surface area (Å²) < 4.78 is 29.2. The molecule has 0 aromatic heterocycles. The van der Waals surface area contributed by atoms with Gasteiger partial charge in [0.1, 0.15) is 6.04 Å². The average Bonchev–Trinajstić information content (AvgIpc) is 2.29. The van der Waals surface area contributed by atoms with E-state index in [1.54, 1.807) is 24.3 Å². The third kappa shape index (κ3) is 3.22. The molecule has 1 atom stereocenters. The van der Waals surface area contributed by atoms with Gasteiger partial charge >= 0.3 is 5.97 Å². The molecular weight excluding hydrogens is 254 g/mol. The van der Waals surface area contributed by atoms with Crippen LogP contribution < -0.4 is 4.31 Å². The highest BCUT2D eigenvalue weighted by atomic mass is 32.2. The number of anilines is 1. The second-order valence-corrected chi connectivity index (χ2v) is 5.95. The van der Waals surface area contributed by atoms with Gasteiger partial charge in [-0.15, -0.1) is 0 Å². The molecule has 0 unspecified atom stereocenters. The quantitative estimate of drug-likeness (QED) is 0.775. The lowest BCUT2D eigenvalue weighted by Crippen LogP contribution is -2.43. The first kappa shape index (κ1) is 14.5. The minimum Gasteiger partial charge on any atom is -0.467 e. The topological polar surface area (TPSA) is 63.7 Å². The van der Waals surface area contributed by atoms with Crippen LogP contribution in [0.25, 0.3) is 0 Å². The van der Waals surface area contributed by atoms with Crippen molar-refractivity contribution in [1.29, 1.82) is 0 Å². The molecule has 1 aromatic carbocycles. The SMILES string of the molecule is COC(=O)[C@H](C)N(c1ccc(C)cc1)S(C)(=O)=O. The van der Waals surface area contributed by atoms with E-state index in [-0.39, 0.29) is 0 Å². The molecular formula is C12H17NO4S. The van der Waals surface area contributed by atoms with E-state index in [2.05, 4.69) is 4.74 Å². The van der Waals surface area contributed by atoms with Crippen LogP contribution in [0.3, 0.4) is 0 Å². The largest absolute Gasteiger partial charge is 0.467 e. The number of carbonyl (C=O) groups excluding carboxylic acids is 1. The molecule has 0 aliphatic carbocycles. The molecule has 0 saturated heterocycles. The number of ether oxygens (including phenoxy) is 1. The minimum atomic E-state index is -3.55. The van der Waals surface area contributed by atoms with Crippen LogP contribution in [-0.4, -0.2) is 33.8 Å². The van der Waals surface area contributed by atoms with Crippen LogP contribution in [0, 0.1) is 6.92 Å². The third-order valence-corrected chi connectivity index (χ3v) is 3.78. The van der Waals surface area contributed by atoms with E-state index in [1.807, 2.05) is 6.92 Å². The summed E-state index contributed by atoms with van der Waals surface area (Å²) in [6, 6.07) is 6.01.